The molecule has 5 nitrogen and oxygen atoms in total. The molecule has 1 N–H and O–H groups in total. The van der Waals surface area contributed by atoms with E-state index in [1.54, 1.807) is 6.07 Å². The average molecular weight is 321 g/mol. The third kappa shape index (κ3) is 4.13. The molecule has 0 spiro atoms. The maximum atomic E-state index is 13.5. The number of non-ortho nitro benzene ring substituents is 1. The number of carbonyl (C=O) groups excluding carboxylic acids is 1. The number of hydrogen-bond acceptors (Lipinski definition) is 3. The molecule has 0 heterocycles. The van der Waals surface area contributed by atoms with Crippen LogP contribution in [0, 0.1) is 15.9 Å². The van der Waals surface area contributed by atoms with Crippen molar-refractivity contribution in [3.05, 3.63) is 75.1 Å². The van der Waals surface area contributed by atoms with Gasteiger partial charge in [-0.15, -0.1) is 0 Å². The second-order valence-corrected chi connectivity index (χ2v) is 4.74. The molecule has 0 saturated carbocycles. The Morgan fingerprint density at radius 1 is 1.27 bits per heavy atom. The van der Waals surface area contributed by atoms with E-state index in [9.17, 15) is 19.3 Å². The first-order valence-electron chi connectivity index (χ1n) is 6.14. The molecule has 0 saturated heterocycles. The Labute approximate surface area is 130 Å². The zero-order valence-corrected chi connectivity index (χ0v) is 11.9. The van der Waals surface area contributed by atoms with Gasteiger partial charge in [0.2, 0.25) is 5.91 Å². The van der Waals surface area contributed by atoms with Gasteiger partial charge in [-0.2, -0.15) is 0 Å². The lowest BCUT2D eigenvalue weighted by atomic mass is 10.2. The van der Waals surface area contributed by atoms with E-state index in [1.165, 1.54) is 36.4 Å². The summed E-state index contributed by atoms with van der Waals surface area (Å²) in [7, 11) is 0. The van der Waals surface area contributed by atoms with Crippen molar-refractivity contribution in [3.63, 3.8) is 0 Å². The van der Waals surface area contributed by atoms with E-state index in [4.69, 9.17) is 11.6 Å². The van der Waals surface area contributed by atoms with Gasteiger partial charge in [0, 0.05) is 23.2 Å². The lowest BCUT2D eigenvalue weighted by Gasteiger charge is -2.03. The van der Waals surface area contributed by atoms with Crippen LogP contribution in [0.15, 0.2) is 48.5 Å². The fourth-order valence-corrected chi connectivity index (χ4v) is 1.84. The molecular formula is C15H10ClFN2O3. The molecule has 0 aliphatic heterocycles. The number of nitro benzene ring substituents is 1. The largest absolute Gasteiger partial charge is 0.320 e. The number of carbonyl (C=O) groups is 1. The first-order valence-corrected chi connectivity index (χ1v) is 6.52. The maximum Gasteiger partial charge on any atom is 0.270 e. The smallest absolute Gasteiger partial charge is 0.270 e. The molecule has 0 bridgehead atoms. The summed E-state index contributed by atoms with van der Waals surface area (Å²) in [6, 6.07) is 9.67. The normalized spacial score (nSPS) is 10.6. The second kappa shape index (κ2) is 6.82. The first kappa shape index (κ1) is 15.7. The first-order chi connectivity index (χ1) is 10.5. The predicted molar refractivity (Wildman–Crippen MR) is 82.2 cm³/mol. The van der Waals surface area contributed by atoms with Crippen molar-refractivity contribution < 1.29 is 14.1 Å². The zero-order chi connectivity index (χ0) is 16.1. The SMILES string of the molecule is O=C(/C=C/c1cccc([N+](=O)[O-])c1)Nc1ccc(Cl)cc1F. The summed E-state index contributed by atoms with van der Waals surface area (Å²) < 4.78 is 13.5. The Morgan fingerprint density at radius 3 is 2.73 bits per heavy atom. The summed E-state index contributed by atoms with van der Waals surface area (Å²) in [5.74, 6) is -1.21. The van der Waals surface area contributed by atoms with Crippen LogP contribution < -0.4 is 5.32 Å². The molecular weight excluding hydrogens is 311 g/mol. The summed E-state index contributed by atoms with van der Waals surface area (Å²) in [6.07, 6.45) is 2.56. The Kier molecular flexibility index (Phi) is 4.85. The molecule has 0 unspecified atom stereocenters. The third-order valence-electron chi connectivity index (χ3n) is 2.70. The van der Waals surface area contributed by atoms with Crippen LogP contribution in [0.25, 0.3) is 6.08 Å². The number of nitro groups is 1. The minimum absolute atomic E-state index is 0.00177. The number of halogens is 2. The van der Waals surface area contributed by atoms with Crippen molar-refractivity contribution in [1.29, 1.82) is 0 Å². The molecule has 0 fully saturated rings. The highest BCUT2D eigenvalue weighted by Crippen LogP contribution is 2.19. The number of nitrogens with zero attached hydrogens (tertiary/aromatic N) is 1. The van der Waals surface area contributed by atoms with Gasteiger partial charge in [0.1, 0.15) is 5.82 Å². The fraction of sp³-hybridized carbons (Fsp3) is 0. The summed E-state index contributed by atoms with van der Waals surface area (Å²) in [5, 5.41) is 13.2. The van der Waals surface area contributed by atoms with Crippen molar-refractivity contribution >= 4 is 35.0 Å². The molecule has 0 radical (unpaired) electrons. The van der Waals surface area contributed by atoms with E-state index in [1.807, 2.05) is 0 Å². The molecule has 1 amide bonds. The van der Waals surface area contributed by atoms with Gasteiger partial charge < -0.3 is 5.32 Å². The lowest BCUT2D eigenvalue weighted by molar-refractivity contribution is -0.384. The van der Waals surface area contributed by atoms with Crippen LogP contribution in [0.2, 0.25) is 5.02 Å². The van der Waals surface area contributed by atoms with Crippen molar-refractivity contribution in [2.75, 3.05) is 5.32 Å². The molecule has 0 aliphatic rings. The Hall–Kier alpha value is -2.73. The van der Waals surface area contributed by atoms with Gasteiger partial charge in [-0.1, -0.05) is 23.7 Å². The molecule has 7 heteroatoms. The highest BCUT2D eigenvalue weighted by molar-refractivity contribution is 6.30. The van der Waals surface area contributed by atoms with E-state index < -0.39 is 16.6 Å². The fourth-order valence-electron chi connectivity index (χ4n) is 1.68. The topological polar surface area (TPSA) is 72.2 Å². The highest BCUT2D eigenvalue weighted by atomic mass is 35.5. The van der Waals surface area contributed by atoms with Crippen LogP contribution in [-0.4, -0.2) is 10.8 Å². The predicted octanol–water partition coefficient (Wildman–Crippen LogP) is 4.04. The monoisotopic (exact) mass is 320 g/mol. The molecule has 0 aromatic heterocycles. The average Bonchev–Trinajstić information content (AvgIpc) is 2.48. The number of rotatable bonds is 4. The quantitative estimate of drug-likeness (QED) is 0.525. The van der Waals surface area contributed by atoms with Gasteiger partial charge in [-0.05, 0) is 29.8 Å². The summed E-state index contributed by atoms with van der Waals surface area (Å²) >= 11 is 5.61. The van der Waals surface area contributed by atoms with Crippen LogP contribution in [-0.2, 0) is 4.79 Å². The Bertz CT molecular complexity index is 762. The van der Waals surface area contributed by atoms with E-state index in [0.29, 0.717) is 5.56 Å². The van der Waals surface area contributed by atoms with Gasteiger partial charge in [-0.25, -0.2) is 4.39 Å². The number of amides is 1. The number of nitrogens with one attached hydrogen (secondary N) is 1. The molecule has 22 heavy (non-hydrogen) atoms. The Balaban J connectivity index is 2.08. The summed E-state index contributed by atoms with van der Waals surface area (Å²) in [4.78, 5) is 21.8. The van der Waals surface area contributed by atoms with Crippen LogP contribution in [0.4, 0.5) is 15.8 Å². The highest BCUT2D eigenvalue weighted by Gasteiger charge is 2.06. The van der Waals surface area contributed by atoms with Crippen molar-refractivity contribution in [2.24, 2.45) is 0 Å². The van der Waals surface area contributed by atoms with Gasteiger partial charge in [0.25, 0.3) is 5.69 Å². The van der Waals surface area contributed by atoms with E-state index >= 15 is 0 Å². The van der Waals surface area contributed by atoms with Crippen molar-refractivity contribution in [2.45, 2.75) is 0 Å². The van der Waals surface area contributed by atoms with E-state index in [-0.39, 0.29) is 16.4 Å². The lowest BCUT2D eigenvalue weighted by Crippen LogP contribution is -2.09. The van der Waals surface area contributed by atoms with Crippen LogP contribution in [0.1, 0.15) is 5.56 Å². The van der Waals surface area contributed by atoms with Crippen LogP contribution >= 0.6 is 11.6 Å². The third-order valence-corrected chi connectivity index (χ3v) is 2.93. The molecule has 2 rings (SSSR count). The number of anilines is 1. The van der Waals surface area contributed by atoms with Gasteiger partial charge in [-0.3, -0.25) is 14.9 Å². The summed E-state index contributed by atoms with van der Waals surface area (Å²) in [5.41, 5.74) is 0.408. The molecule has 0 atom stereocenters. The van der Waals surface area contributed by atoms with Crippen LogP contribution in [0.5, 0.6) is 0 Å². The van der Waals surface area contributed by atoms with Gasteiger partial charge >= 0.3 is 0 Å². The number of benzene rings is 2. The van der Waals surface area contributed by atoms with Crippen molar-refractivity contribution in [3.8, 4) is 0 Å². The van der Waals surface area contributed by atoms with Crippen LogP contribution in [0.3, 0.4) is 0 Å². The van der Waals surface area contributed by atoms with Gasteiger partial charge in [0.15, 0.2) is 0 Å². The van der Waals surface area contributed by atoms with Crippen molar-refractivity contribution in [1.82, 2.24) is 0 Å². The molecule has 0 aliphatic carbocycles. The second-order valence-electron chi connectivity index (χ2n) is 4.30. The minimum Gasteiger partial charge on any atom is -0.320 e. The molecule has 112 valence electrons. The maximum absolute atomic E-state index is 13.5. The zero-order valence-electron chi connectivity index (χ0n) is 11.1. The number of hydrogen-bond donors (Lipinski definition) is 1. The molecule has 2 aromatic carbocycles. The van der Waals surface area contributed by atoms with E-state index in [2.05, 4.69) is 5.32 Å². The molecule has 2 aromatic rings. The van der Waals surface area contributed by atoms with Gasteiger partial charge in [0.05, 0.1) is 10.6 Å². The summed E-state index contributed by atoms with van der Waals surface area (Å²) in [6.45, 7) is 0. The van der Waals surface area contributed by atoms with E-state index in [0.717, 1.165) is 12.1 Å². The standard InChI is InChI=1S/C15H10ClFN2O3/c16-11-5-6-14(13(17)9-11)18-15(20)7-4-10-2-1-3-12(8-10)19(21)22/h1-9H,(H,18,20)/b7-4+. The Morgan fingerprint density at radius 2 is 2.05 bits per heavy atom. The minimum atomic E-state index is -0.649.